The summed E-state index contributed by atoms with van der Waals surface area (Å²) >= 11 is 12.7. The molecule has 1 unspecified atom stereocenters. The zero-order chi connectivity index (χ0) is 15.4. The van der Waals surface area contributed by atoms with Crippen molar-refractivity contribution in [3.63, 3.8) is 0 Å². The van der Waals surface area contributed by atoms with Gasteiger partial charge in [0.15, 0.2) is 0 Å². The number of nitrogens with one attached hydrogen (secondary N) is 1. The van der Waals surface area contributed by atoms with Crippen LogP contribution < -0.4 is 5.32 Å². The van der Waals surface area contributed by atoms with Crippen molar-refractivity contribution < 1.29 is 0 Å². The zero-order valence-corrected chi connectivity index (χ0v) is 14.0. The van der Waals surface area contributed by atoms with E-state index in [0.29, 0.717) is 5.02 Å². The maximum Gasteiger partial charge on any atom is 0.0850 e. The molecule has 1 N–H and O–H groups in total. The number of hydrogen-bond acceptors (Lipinski definition) is 3. The molecule has 0 bridgehead atoms. The molecule has 0 amide bonds. The lowest BCUT2D eigenvalue weighted by Crippen LogP contribution is -2.21. The maximum atomic E-state index is 6.48. The SMILES string of the molecule is CCc1nn(CC)c(CC(NC)c2ccncc2Cl)c1Cl. The van der Waals surface area contributed by atoms with Crippen LogP contribution in [-0.4, -0.2) is 21.8 Å². The van der Waals surface area contributed by atoms with Crippen LogP contribution in [0.4, 0.5) is 0 Å². The number of pyridine rings is 1. The second kappa shape index (κ2) is 7.25. The first-order valence-electron chi connectivity index (χ1n) is 7.13. The number of halogens is 2. The fraction of sp³-hybridized carbons (Fsp3) is 0.467. The predicted molar refractivity (Wildman–Crippen MR) is 87.0 cm³/mol. The van der Waals surface area contributed by atoms with Crippen molar-refractivity contribution in [3.05, 3.63) is 45.5 Å². The van der Waals surface area contributed by atoms with Gasteiger partial charge < -0.3 is 5.32 Å². The summed E-state index contributed by atoms with van der Waals surface area (Å²) < 4.78 is 1.97. The molecule has 0 aliphatic heterocycles. The Hall–Kier alpha value is -1.10. The lowest BCUT2D eigenvalue weighted by atomic mass is 10.0. The molecule has 0 saturated carbocycles. The number of likely N-dealkylation sites (N-methyl/N-ethyl adjacent to an activating group) is 1. The fourth-order valence-electron chi connectivity index (χ4n) is 2.44. The summed E-state index contributed by atoms with van der Waals surface area (Å²) in [6.45, 7) is 4.93. The van der Waals surface area contributed by atoms with Gasteiger partial charge in [-0.15, -0.1) is 0 Å². The number of rotatable bonds is 6. The van der Waals surface area contributed by atoms with Crippen molar-refractivity contribution in [2.24, 2.45) is 0 Å². The Balaban J connectivity index is 2.35. The topological polar surface area (TPSA) is 42.7 Å². The molecule has 0 spiro atoms. The minimum absolute atomic E-state index is 0.0738. The molecular formula is C15H20Cl2N4. The van der Waals surface area contributed by atoms with E-state index >= 15 is 0 Å². The Morgan fingerprint density at radius 1 is 1.33 bits per heavy atom. The van der Waals surface area contributed by atoms with Gasteiger partial charge in [-0.2, -0.15) is 5.10 Å². The van der Waals surface area contributed by atoms with Crippen molar-refractivity contribution in [1.29, 1.82) is 0 Å². The van der Waals surface area contributed by atoms with E-state index in [1.54, 1.807) is 12.4 Å². The van der Waals surface area contributed by atoms with Gasteiger partial charge in [-0.3, -0.25) is 9.67 Å². The number of hydrogen-bond donors (Lipinski definition) is 1. The highest BCUT2D eigenvalue weighted by Crippen LogP contribution is 2.29. The van der Waals surface area contributed by atoms with Crippen molar-refractivity contribution in [1.82, 2.24) is 20.1 Å². The van der Waals surface area contributed by atoms with Crippen LogP contribution >= 0.6 is 23.2 Å². The van der Waals surface area contributed by atoms with Gasteiger partial charge in [-0.1, -0.05) is 30.1 Å². The van der Waals surface area contributed by atoms with Crippen LogP contribution in [-0.2, 0) is 19.4 Å². The lowest BCUT2D eigenvalue weighted by Gasteiger charge is -2.18. The number of aromatic nitrogens is 3. The summed E-state index contributed by atoms with van der Waals surface area (Å²) in [6.07, 6.45) is 4.98. The van der Waals surface area contributed by atoms with E-state index < -0.39 is 0 Å². The second-order valence-corrected chi connectivity index (χ2v) is 5.60. The Bertz CT molecular complexity index is 610. The van der Waals surface area contributed by atoms with E-state index in [1.165, 1.54) is 0 Å². The molecule has 2 aromatic heterocycles. The minimum Gasteiger partial charge on any atom is -0.313 e. The number of nitrogens with zero attached hydrogens (tertiary/aromatic N) is 3. The molecule has 2 rings (SSSR count). The molecule has 0 aliphatic rings. The van der Waals surface area contributed by atoms with Crippen molar-refractivity contribution in [3.8, 4) is 0 Å². The zero-order valence-electron chi connectivity index (χ0n) is 12.5. The van der Waals surface area contributed by atoms with Gasteiger partial charge in [0.05, 0.1) is 21.4 Å². The second-order valence-electron chi connectivity index (χ2n) is 4.82. The summed E-state index contributed by atoms with van der Waals surface area (Å²) in [5.41, 5.74) is 3.01. The first-order chi connectivity index (χ1) is 10.1. The van der Waals surface area contributed by atoms with Gasteiger partial charge in [-0.25, -0.2) is 0 Å². The molecule has 114 valence electrons. The van der Waals surface area contributed by atoms with Crippen LogP contribution in [0.15, 0.2) is 18.5 Å². The van der Waals surface area contributed by atoms with Gasteiger partial charge in [0.1, 0.15) is 0 Å². The van der Waals surface area contributed by atoms with Crippen molar-refractivity contribution in [2.45, 2.75) is 39.3 Å². The summed E-state index contributed by atoms with van der Waals surface area (Å²) in [6, 6.07) is 2.01. The van der Waals surface area contributed by atoms with Gasteiger partial charge in [-0.05, 0) is 32.0 Å². The van der Waals surface area contributed by atoms with Crippen LogP contribution in [0.2, 0.25) is 10.0 Å². The standard InChI is InChI=1S/C15H20Cl2N4/c1-4-12-15(17)14(21(5-2)20-12)8-13(18-3)10-6-7-19-9-11(10)16/h6-7,9,13,18H,4-5,8H2,1-3H3. The summed E-state index contributed by atoms with van der Waals surface area (Å²) in [5.74, 6) is 0. The first kappa shape index (κ1) is 16.3. The van der Waals surface area contributed by atoms with E-state index in [0.717, 1.165) is 41.4 Å². The predicted octanol–water partition coefficient (Wildman–Crippen LogP) is 3.67. The van der Waals surface area contributed by atoms with Crippen LogP contribution in [0.5, 0.6) is 0 Å². The van der Waals surface area contributed by atoms with Gasteiger partial charge in [0.2, 0.25) is 0 Å². The van der Waals surface area contributed by atoms with E-state index in [9.17, 15) is 0 Å². The van der Waals surface area contributed by atoms with E-state index in [-0.39, 0.29) is 6.04 Å². The van der Waals surface area contributed by atoms with Crippen molar-refractivity contribution >= 4 is 23.2 Å². The van der Waals surface area contributed by atoms with Crippen molar-refractivity contribution in [2.75, 3.05) is 7.05 Å². The van der Waals surface area contributed by atoms with Gasteiger partial charge in [0.25, 0.3) is 0 Å². The average molecular weight is 327 g/mol. The van der Waals surface area contributed by atoms with E-state index in [2.05, 4.69) is 29.2 Å². The molecular weight excluding hydrogens is 307 g/mol. The molecule has 0 radical (unpaired) electrons. The molecule has 2 heterocycles. The monoisotopic (exact) mass is 326 g/mol. The highest BCUT2D eigenvalue weighted by Gasteiger charge is 2.20. The van der Waals surface area contributed by atoms with Crippen LogP contribution in [0.25, 0.3) is 0 Å². The Labute approximate surface area is 135 Å². The summed E-state index contributed by atoms with van der Waals surface area (Å²) in [7, 11) is 1.92. The molecule has 6 heteroatoms. The summed E-state index contributed by atoms with van der Waals surface area (Å²) in [4.78, 5) is 4.03. The highest BCUT2D eigenvalue weighted by atomic mass is 35.5. The Kier molecular flexibility index (Phi) is 5.62. The largest absolute Gasteiger partial charge is 0.313 e. The molecule has 2 aromatic rings. The molecule has 0 aliphatic carbocycles. The summed E-state index contributed by atoms with van der Waals surface area (Å²) in [5, 5.41) is 9.29. The van der Waals surface area contributed by atoms with Crippen LogP contribution in [0.1, 0.15) is 36.8 Å². The van der Waals surface area contributed by atoms with E-state index in [1.807, 2.05) is 17.8 Å². The average Bonchev–Trinajstić information content (AvgIpc) is 2.81. The van der Waals surface area contributed by atoms with Crippen LogP contribution in [0, 0.1) is 0 Å². The fourth-order valence-corrected chi connectivity index (χ4v) is 3.04. The minimum atomic E-state index is 0.0738. The van der Waals surface area contributed by atoms with Gasteiger partial charge >= 0.3 is 0 Å². The molecule has 1 atom stereocenters. The normalized spacial score (nSPS) is 12.6. The molecule has 4 nitrogen and oxygen atoms in total. The Morgan fingerprint density at radius 3 is 2.67 bits per heavy atom. The third-order valence-electron chi connectivity index (χ3n) is 3.62. The van der Waals surface area contributed by atoms with Crippen LogP contribution in [0.3, 0.4) is 0 Å². The van der Waals surface area contributed by atoms with Gasteiger partial charge in [0, 0.05) is 31.4 Å². The maximum absolute atomic E-state index is 6.48. The smallest absolute Gasteiger partial charge is 0.0850 e. The third kappa shape index (κ3) is 3.39. The molecule has 0 fully saturated rings. The molecule has 0 saturated heterocycles. The lowest BCUT2D eigenvalue weighted by molar-refractivity contribution is 0.540. The Morgan fingerprint density at radius 2 is 2.10 bits per heavy atom. The molecule has 21 heavy (non-hydrogen) atoms. The quantitative estimate of drug-likeness (QED) is 0.880. The third-order valence-corrected chi connectivity index (χ3v) is 4.37. The highest BCUT2D eigenvalue weighted by molar-refractivity contribution is 6.32. The number of aryl methyl sites for hydroxylation is 2. The molecule has 0 aromatic carbocycles. The first-order valence-corrected chi connectivity index (χ1v) is 7.88. The van der Waals surface area contributed by atoms with E-state index in [4.69, 9.17) is 23.2 Å².